The molecule has 0 radical (unpaired) electrons. The molecule has 1 aromatic carbocycles. The number of likely N-dealkylation sites (tertiary alicyclic amines) is 3. The molecular weight excluding hydrogens is 839 g/mol. The number of nitriles is 1. The van der Waals surface area contributed by atoms with E-state index in [1.165, 1.54) is 35.4 Å². The molecule has 3 fully saturated rings. The van der Waals surface area contributed by atoms with Crippen molar-refractivity contribution in [3.8, 4) is 6.07 Å². The summed E-state index contributed by atoms with van der Waals surface area (Å²) in [5.74, 6) is -0.753. The summed E-state index contributed by atoms with van der Waals surface area (Å²) in [6.07, 6.45) is 5.10. The monoisotopic (exact) mass is 928 g/mol. The molecule has 0 unspecified atom stereocenters. The molecule has 0 spiro atoms. The summed E-state index contributed by atoms with van der Waals surface area (Å²) in [6.45, 7) is 28.0. The molecule has 15 nitrogen and oxygen atoms in total. The Morgan fingerprint density at radius 3 is 1.41 bits per heavy atom. The number of amides is 4. The van der Waals surface area contributed by atoms with Crippen molar-refractivity contribution in [3.05, 3.63) is 34.9 Å². The first-order chi connectivity index (χ1) is 29.7. The number of benzene rings is 1. The van der Waals surface area contributed by atoms with E-state index in [4.69, 9.17) is 28.2 Å². The average molecular weight is 928 g/mol. The molecule has 18 heteroatoms. The second-order valence-electron chi connectivity index (χ2n) is 22.3. The van der Waals surface area contributed by atoms with E-state index < -0.39 is 49.6 Å². The minimum absolute atomic E-state index is 0. The number of fused-ring (bicyclic) bond motifs is 1. The number of carbonyl (C=O) groups is 4. The van der Waals surface area contributed by atoms with Gasteiger partial charge in [0.1, 0.15) is 17.8 Å². The third kappa shape index (κ3) is 16.6. The Bertz CT molecular complexity index is 1750. The van der Waals surface area contributed by atoms with Crippen molar-refractivity contribution >= 4 is 37.5 Å². The van der Waals surface area contributed by atoms with Gasteiger partial charge in [0.15, 0.2) is 0 Å². The van der Waals surface area contributed by atoms with Crippen molar-refractivity contribution in [3.63, 3.8) is 0 Å². The lowest BCUT2D eigenvalue weighted by Gasteiger charge is -2.33. The van der Waals surface area contributed by atoms with Crippen molar-refractivity contribution in [2.75, 3.05) is 19.6 Å². The van der Waals surface area contributed by atoms with Gasteiger partial charge in [-0.1, -0.05) is 107 Å². The smallest absolute Gasteiger partial charge is 0.309 e. The fourth-order valence-corrected chi connectivity index (χ4v) is 8.12. The predicted octanol–water partition coefficient (Wildman–Crippen LogP) is 4.43. The molecule has 5 rings (SSSR count). The summed E-state index contributed by atoms with van der Waals surface area (Å²) in [5, 5.41) is 28.0. The number of halogens is 1. The van der Waals surface area contributed by atoms with Gasteiger partial charge < -0.3 is 52.6 Å². The summed E-state index contributed by atoms with van der Waals surface area (Å²) in [6, 6.07) is 5.63. The van der Waals surface area contributed by atoms with Gasteiger partial charge in [-0.3, -0.25) is 19.2 Å². The zero-order valence-corrected chi connectivity index (χ0v) is 42.2. The third-order valence-corrected chi connectivity index (χ3v) is 13.0. The van der Waals surface area contributed by atoms with Crippen LogP contribution in [-0.4, -0.2) is 135 Å². The van der Waals surface area contributed by atoms with E-state index >= 15 is 0 Å². The Balaban J connectivity index is 0.000000439. The van der Waals surface area contributed by atoms with Crippen LogP contribution < -0.4 is 22.9 Å². The first-order valence-corrected chi connectivity index (χ1v) is 23.4. The number of aryl methyl sites for hydroxylation is 1. The van der Waals surface area contributed by atoms with Crippen LogP contribution in [0.4, 0.5) is 4.39 Å². The van der Waals surface area contributed by atoms with E-state index in [0.717, 1.165) is 45.1 Å². The summed E-state index contributed by atoms with van der Waals surface area (Å²) in [7, 11) is 0. The standard InChI is InChI=1S/C15H22N2O.C11H23BN2O2.C11H19N3O.C10H20BFN2O2.CH4/c1-10-5-6-11-8-17(9-12(11)7-10)14(18)13(16)15(2,3)4;1-11(2,3)9(13)10(15)14-7-5-6-8(14)12(4)16;1-11(2,3)9(13)10(15)14-6-4-5-8(14)7-12;1-10(2,12)8(13)9(15)14-6-4-5-7(14)11(3)16;/h5-7,13H,8-9,16H2,1-4H3;8-9,16H,5-7,13H2,1-4H3;8-9H,4-6,13H2,1-3H3;7-8,16H,4-6,13H2,1-3H3;1H4/t13-;2*8-,9+;7-,8+;/m1000./s1. The summed E-state index contributed by atoms with van der Waals surface area (Å²) < 4.78 is 13.6. The fourth-order valence-electron chi connectivity index (χ4n) is 8.12. The van der Waals surface area contributed by atoms with Crippen LogP contribution in [0, 0.1) is 34.5 Å². The van der Waals surface area contributed by atoms with Crippen molar-refractivity contribution in [2.45, 2.75) is 204 Å². The van der Waals surface area contributed by atoms with Crippen LogP contribution in [0.5, 0.6) is 0 Å². The topological polar surface area (TPSA) is 250 Å². The molecule has 3 saturated heterocycles. The Kier molecular flexibility index (Phi) is 22.5. The number of rotatable bonds is 7. The van der Waals surface area contributed by atoms with Gasteiger partial charge in [0.25, 0.3) is 0 Å². The van der Waals surface area contributed by atoms with E-state index in [-0.39, 0.29) is 59.3 Å². The number of hydrogen-bond donors (Lipinski definition) is 6. The second-order valence-corrected chi connectivity index (χ2v) is 22.3. The van der Waals surface area contributed by atoms with E-state index in [2.05, 4.69) is 31.2 Å². The largest absolute Gasteiger partial charge is 0.449 e. The van der Waals surface area contributed by atoms with Gasteiger partial charge >= 0.3 is 13.8 Å². The molecule has 0 saturated carbocycles. The maximum atomic E-state index is 13.6. The fraction of sp³-hybridized carbons (Fsp3) is 0.771. The van der Waals surface area contributed by atoms with Gasteiger partial charge in [0, 0.05) is 44.6 Å². The second kappa shape index (κ2) is 24.6. The molecule has 0 aliphatic carbocycles. The van der Waals surface area contributed by atoms with E-state index in [9.17, 15) is 33.6 Å². The lowest BCUT2D eigenvalue weighted by atomic mass is 9.62. The highest BCUT2D eigenvalue weighted by Crippen LogP contribution is 2.29. The molecular formula is C48H88B2FN9O6. The number of hydrogen-bond acceptors (Lipinski definition) is 11. The first kappa shape index (κ1) is 60.4. The van der Waals surface area contributed by atoms with Crippen LogP contribution in [0.25, 0.3) is 0 Å². The molecule has 10 N–H and O–H groups in total. The quantitative estimate of drug-likeness (QED) is 0.209. The van der Waals surface area contributed by atoms with Gasteiger partial charge in [-0.05, 0) is 86.7 Å². The van der Waals surface area contributed by atoms with Gasteiger partial charge in [-0.2, -0.15) is 5.26 Å². The molecule has 4 aliphatic heterocycles. The minimum Gasteiger partial charge on any atom is -0.449 e. The van der Waals surface area contributed by atoms with Gasteiger partial charge in [0.2, 0.25) is 23.6 Å². The normalized spacial score (nSPS) is 21.2. The molecule has 66 heavy (non-hydrogen) atoms. The van der Waals surface area contributed by atoms with Crippen LogP contribution in [0.15, 0.2) is 18.2 Å². The van der Waals surface area contributed by atoms with Gasteiger partial charge in [-0.25, -0.2) is 4.39 Å². The molecule has 4 amide bonds. The third-order valence-electron chi connectivity index (χ3n) is 13.0. The highest BCUT2D eigenvalue weighted by Gasteiger charge is 2.42. The zero-order valence-electron chi connectivity index (χ0n) is 42.2. The van der Waals surface area contributed by atoms with Crippen molar-refractivity contribution in [2.24, 2.45) is 39.2 Å². The Morgan fingerprint density at radius 2 is 1.02 bits per heavy atom. The van der Waals surface area contributed by atoms with Crippen LogP contribution in [0.2, 0.25) is 13.6 Å². The number of nitrogens with two attached hydrogens (primary N) is 4. The summed E-state index contributed by atoms with van der Waals surface area (Å²) in [4.78, 5) is 55.3. The van der Waals surface area contributed by atoms with Crippen LogP contribution in [0.1, 0.15) is 139 Å². The number of carbonyl (C=O) groups excluding carboxylic acids is 4. The Morgan fingerprint density at radius 1 is 0.652 bits per heavy atom. The predicted molar refractivity (Wildman–Crippen MR) is 265 cm³/mol. The molecule has 4 aliphatic rings. The summed E-state index contributed by atoms with van der Waals surface area (Å²) >= 11 is 0. The van der Waals surface area contributed by atoms with Crippen molar-refractivity contribution < 1.29 is 33.6 Å². The average Bonchev–Trinajstić information content (AvgIpc) is 4.04. The summed E-state index contributed by atoms with van der Waals surface area (Å²) in [5.41, 5.74) is 24.8. The molecule has 7 atom stereocenters. The van der Waals surface area contributed by atoms with E-state index in [0.29, 0.717) is 26.2 Å². The van der Waals surface area contributed by atoms with E-state index in [1.54, 1.807) is 23.4 Å². The number of alkyl halides is 1. The van der Waals surface area contributed by atoms with Gasteiger partial charge in [-0.15, -0.1) is 0 Å². The zero-order chi connectivity index (χ0) is 50.2. The Hall–Kier alpha value is -3.59. The molecule has 374 valence electrons. The maximum absolute atomic E-state index is 13.6. The highest BCUT2D eigenvalue weighted by atomic mass is 19.1. The van der Waals surface area contributed by atoms with E-state index in [1.807, 2.05) is 67.2 Å². The van der Waals surface area contributed by atoms with Crippen LogP contribution in [0.3, 0.4) is 0 Å². The molecule has 0 aromatic heterocycles. The molecule has 0 bridgehead atoms. The van der Waals surface area contributed by atoms with Crippen LogP contribution in [-0.2, 0) is 32.3 Å². The molecule has 1 aromatic rings. The van der Waals surface area contributed by atoms with Crippen molar-refractivity contribution in [1.29, 1.82) is 5.26 Å². The minimum atomic E-state index is -1.73. The highest BCUT2D eigenvalue weighted by molar-refractivity contribution is 6.51. The first-order valence-electron chi connectivity index (χ1n) is 23.4. The van der Waals surface area contributed by atoms with Crippen LogP contribution >= 0.6 is 0 Å². The molecule has 4 heterocycles. The van der Waals surface area contributed by atoms with Crippen molar-refractivity contribution in [1.82, 2.24) is 19.6 Å². The van der Waals surface area contributed by atoms with Gasteiger partial charge in [0.05, 0.1) is 24.2 Å². The Labute approximate surface area is 398 Å². The lowest BCUT2D eigenvalue weighted by Crippen LogP contribution is -2.56. The maximum Gasteiger partial charge on any atom is 0.309 e. The number of nitrogens with zero attached hydrogens (tertiary/aromatic N) is 5. The lowest BCUT2D eigenvalue weighted by molar-refractivity contribution is -0.136. The SMILES string of the molecule is C.CB(O)[C@@H]1CCCN1C(=O)[C@@H](N)C(C)(C)C.CB(O)[C@@H]1CCCN1C(=O)[C@@H](N)C(C)(C)F.CC(C)(C)[C@H](N)C(=O)N1CCC[C@H]1C#N.Cc1ccc2c(c1)CN(C(=O)[C@@H](N)C(C)(C)C)C2.